The first-order chi connectivity index (χ1) is 14.9. The summed E-state index contributed by atoms with van der Waals surface area (Å²) in [7, 11) is 0. The van der Waals surface area contributed by atoms with Crippen LogP contribution in [-0.2, 0) is 9.59 Å². The summed E-state index contributed by atoms with van der Waals surface area (Å²) in [4.78, 5) is 56.9. The van der Waals surface area contributed by atoms with Crippen LogP contribution in [0.4, 0.5) is 11.4 Å². The van der Waals surface area contributed by atoms with Crippen molar-refractivity contribution in [3.63, 3.8) is 0 Å². The maximum absolute atomic E-state index is 13.6. The molecular formula is C26H26N2O4. The molecule has 2 amide bonds. The van der Waals surface area contributed by atoms with Gasteiger partial charge in [0, 0.05) is 22.0 Å². The van der Waals surface area contributed by atoms with Crippen LogP contribution in [0.3, 0.4) is 0 Å². The van der Waals surface area contributed by atoms with Crippen molar-refractivity contribution in [3.05, 3.63) is 71.1 Å². The maximum atomic E-state index is 13.6. The lowest BCUT2D eigenvalue weighted by molar-refractivity contribution is -0.126. The van der Waals surface area contributed by atoms with Gasteiger partial charge in [0.15, 0.2) is 0 Å². The van der Waals surface area contributed by atoms with Crippen molar-refractivity contribution in [2.75, 3.05) is 9.80 Å². The van der Waals surface area contributed by atoms with Gasteiger partial charge in [0.05, 0.1) is 11.4 Å². The number of rotatable bonds is 0. The minimum absolute atomic E-state index is 0.0649. The number of allylic oxidation sites excluding steroid dienone is 2. The van der Waals surface area contributed by atoms with E-state index in [4.69, 9.17) is 0 Å². The Bertz CT molecular complexity index is 1130. The Balaban J connectivity index is 2.07. The number of ketones is 2. The van der Waals surface area contributed by atoms with E-state index in [1.54, 1.807) is 90.1 Å². The summed E-state index contributed by atoms with van der Waals surface area (Å²) in [5, 5.41) is 0. The van der Waals surface area contributed by atoms with E-state index >= 15 is 0 Å². The number of fused-ring (bicyclic) bond motifs is 2. The Hall–Kier alpha value is -3.54. The van der Waals surface area contributed by atoms with Crippen LogP contribution in [0.2, 0.25) is 0 Å². The number of carbonyl (C=O) groups excluding carboxylic acids is 4. The van der Waals surface area contributed by atoms with E-state index in [2.05, 4.69) is 0 Å². The van der Waals surface area contributed by atoms with E-state index in [1.165, 1.54) is 9.80 Å². The number of hydrogen-bond donors (Lipinski definition) is 0. The highest BCUT2D eigenvalue weighted by atomic mass is 16.2. The first kappa shape index (κ1) is 21.7. The Labute approximate surface area is 187 Å². The van der Waals surface area contributed by atoms with E-state index in [0.29, 0.717) is 22.5 Å². The lowest BCUT2D eigenvalue weighted by Crippen LogP contribution is -2.43. The third-order valence-electron chi connectivity index (χ3n) is 5.57. The van der Waals surface area contributed by atoms with Crippen LogP contribution in [0.5, 0.6) is 0 Å². The Morgan fingerprint density at radius 1 is 0.594 bits per heavy atom. The molecule has 2 heterocycles. The van der Waals surface area contributed by atoms with Crippen LogP contribution in [0.25, 0.3) is 0 Å². The van der Waals surface area contributed by atoms with Crippen LogP contribution in [0.15, 0.2) is 59.9 Å². The third-order valence-corrected chi connectivity index (χ3v) is 5.57. The molecular weight excluding hydrogens is 404 g/mol. The fraction of sp³-hybridized carbons (Fsp3) is 0.308. The van der Waals surface area contributed by atoms with Crippen molar-refractivity contribution >= 4 is 34.8 Å². The molecule has 0 aliphatic carbocycles. The van der Waals surface area contributed by atoms with E-state index in [0.717, 1.165) is 0 Å². The van der Waals surface area contributed by atoms with Crippen LogP contribution >= 0.6 is 0 Å². The number of Topliss-reactive ketones (excluding diaryl/α,β-unsaturated/α-hetero) is 2. The summed E-state index contributed by atoms with van der Waals surface area (Å²) in [6.07, 6.45) is 0. The van der Waals surface area contributed by atoms with Crippen molar-refractivity contribution < 1.29 is 19.2 Å². The van der Waals surface area contributed by atoms with Gasteiger partial charge in [0.2, 0.25) is 23.4 Å². The van der Waals surface area contributed by atoms with E-state index in [1.807, 2.05) is 0 Å². The zero-order valence-corrected chi connectivity index (χ0v) is 19.1. The number of nitrogens with zero attached hydrogens (tertiary/aromatic N) is 2. The predicted molar refractivity (Wildman–Crippen MR) is 122 cm³/mol. The molecule has 0 fully saturated rings. The van der Waals surface area contributed by atoms with Crippen molar-refractivity contribution in [1.82, 2.24) is 0 Å². The second kappa shape index (κ2) is 6.99. The maximum Gasteiger partial charge on any atom is 0.237 e. The van der Waals surface area contributed by atoms with Gasteiger partial charge in [-0.2, -0.15) is 0 Å². The highest BCUT2D eigenvalue weighted by Crippen LogP contribution is 2.45. The molecule has 0 aromatic heterocycles. The molecule has 0 spiro atoms. The molecule has 0 radical (unpaired) electrons. The smallest absolute Gasteiger partial charge is 0.237 e. The van der Waals surface area contributed by atoms with Crippen LogP contribution in [-0.4, -0.2) is 23.4 Å². The minimum atomic E-state index is -0.823. The predicted octanol–water partition coefficient (Wildman–Crippen LogP) is 4.75. The normalized spacial score (nSPS) is 18.2. The summed E-state index contributed by atoms with van der Waals surface area (Å²) in [6.45, 7) is 10.5. The molecule has 164 valence electrons. The zero-order chi connectivity index (χ0) is 23.6. The quantitative estimate of drug-likeness (QED) is 0.566. The molecule has 32 heavy (non-hydrogen) atoms. The lowest BCUT2D eigenvalue weighted by Gasteiger charge is -2.31. The van der Waals surface area contributed by atoms with Gasteiger partial charge >= 0.3 is 0 Å². The lowest BCUT2D eigenvalue weighted by atomic mass is 9.93. The van der Waals surface area contributed by atoms with E-state index < -0.39 is 22.4 Å². The topological polar surface area (TPSA) is 74.8 Å². The first-order valence-electron chi connectivity index (χ1n) is 10.6. The average Bonchev–Trinajstić information content (AvgIpc) is 3.17. The van der Waals surface area contributed by atoms with Gasteiger partial charge in [-0.05, 0) is 24.3 Å². The molecule has 0 unspecified atom stereocenters. The number of para-hydroxylation sites is 2. The summed E-state index contributed by atoms with van der Waals surface area (Å²) in [5.41, 5.74) is -0.263. The molecule has 6 heteroatoms. The van der Waals surface area contributed by atoms with Crippen molar-refractivity contribution in [3.8, 4) is 0 Å². The molecule has 0 saturated carbocycles. The molecule has 0 atom stereocenters. The molecule has 2 aliphatic rings. The van der Waals surface area contributed by atoms with E-state index in [-0.39, 0.29) is 23.2 Å². The van der Waals surface area contributed by atoms with Gasteiger partial charge in [-0.25, -0.2) is 0 Å². The summed E-state index contributed by atoms with van der Waals surface area (Å²) >= 11 is 0. The fourth-order valence-electron chi connectivity index (χ4n) is 3.94. The Kier molecular flexibility index (Phi) is 4.73. The SMILES string of the molecule is CC(C)(C)C(=O)N1C(=C2C(=O)c3ccccc3N2C(=O)C(C)(C)C)C(=O)c2ccccc21. The number of amides is 2. The highest BCUT2D eigenvalue weighted by Gasteiger charge is 2.49. The second-order valence-corrected chi connectivity index (χ2v) is 10.2. The standard InChI is InChI=1S/C26H26N2O4/c1-25(2,3)23(31)27-17-13-9-7-11-15(17)21(29)19(27)20-22(30)16-12-8-10-14-18(16)28(20)24(32)26(4,5)6/h7-14H,1-6H3. The second-order valence-electron chi connectivity index (χ2n) is 10.2. The Morgan fingerprint density at radius 3 is 1.22 bits per heavy atom. The molecule has 6 nitrogen and oxygen atoms in total. The van der Waals surface area contributed by atoms with Gasteiger partial charge in [-0.15, -0.1) is 0 Å². The van der Waals surface area contributed by atoms with Gasteiger partial charge in [0.1, 0.15) is 11.4 Å². The average molecular weight is 431 g/mol. The summed E-state index contributed by atoms with van der Waals surface area (Å²) in [6, 6.07) is 13.6. The molecule has 0 N–H and O–H groups in total. The number of benzene rings is 2. The molecule has 2 aromatic rings. The molecule has 2 aliphatic heterocycles. The Morgan fingerprint density at radius 2 is 0.906 bits per heavy atom. The van der Waals surface area contributed by atoms with Crippen LogP contribution in [0.1, 0.15) is 62.3 Å². The number of hydrogen-bond acceptors (Lipinski definition) is 4. The monoisotopic (exact) mass is 430 g/mol. The third kappa shape index (κ3) is 3.09. The number of anilines is 2. The molecule has 0 bridgehead atoms. The fourth-order valence-corrected chi connectivity index (χ4v) is 3.94. The van der Waals surface area contributed by atoms with Gasteiger partial charge in [-0.1, -0.05) is 65.8 Å². The molecule has 0 saturated heterocycles. The van der Waals surface area contributed by atoms with Crippen molar-refractivity contribution in [1.29, 1.82) is 0 Å². The van der Waals surface area contributed by atoms with Crippen LogP contribution in [0, 0.1) is 10.8 Å². The molecule has 2 aromatic carbocycles. The van der Waals surface area contributed by atoms with Crippen LogP contribution < -0.4 is 9.80 Å². The number of carbonyl (C=O) groups is 4. The first-order valence-corrected chi connectivity index (χ1v) is 10.6. The van der Waals surface area contributed by atoms with Crippen molar-refractivity contribution in [2.24, 2.45) is 10.8 Å². The largest absolute Gasteiger partial charge is 0.287 e. The minimum Gasteiger partial charge on any atom is -0.287 e. The van der Waals surface area contributed by atoms with Crippen molar-refractivity contribution in [2.45, 2.75) is 41.5 Å². The summed E-state index contributed by atoms with van der Waals surface area (Å²) in [5.74, 6) is -1.54. The molecule has 4 rings (SSSR count). The zero-order valence-electron chi connectivity index (χ0n) is 19.1. The highest BCUT2D eigenvalue weighted by molar-refractivity contribution is 6.34. The van der Waals surface area contributed by atoms with Gasteiger partial charge in [0.25, 0.3) is 0 Å². The summed E-state index contributed by atoms with van der Waals surface area (Å²) < 4.78 is 0. The van der Waals surface area contributed by atoms with Gasteiger partial charge < -0.3 is 0 Å². The van der Waals surface area contributed by atoms with Gasteiger partial charge in [-0.3, -0.25) is 29.0 Å². The van der Waals surface area contributed by atoms with E-state index in [9.17, 15) is 19.2 Å².